The minimum Gasteiger partial charge on any atom is -0.464 e. The molecular formula is C13H18NO+. The van der Waals surface area contributed by atoms with Crippen molar-refractivity contribution in [1.82, 2.24) is 0 Å². The van der Waals surface area contributed by atoms with Gasteiger partial charge in [-0.15, -0.1) is 0 Å². The summed E-state index contributed by atoms with van der Waals surface area (Å²) in [5.41, 5.74) is 2.35. The molecule has 0 aliphatic carbocycles. The standard InChI is InChI=1S/C13H18NO/c1-14(2,3)8-6-11-4-5-12-7-9-15-13(12)10-11/h4-5,7,9-10H,6,8H2,1-3H3/q+1. The van der Waals surface area contributed by atoms with Crippen LogP contribution in [0.3, 0.4) is 0 Å². The minimum absolute atomic E-state index is 0.994. The van der Waals surface area contributed by atoms with Gasteiger partial charge in [0.05, 0.1) is 34.0 Å². The van der Waals surface area contributed by atoms with Gasteiger partial charge in [0.2, 0.25) is 0 Å². The molecule has 2 rings (SSSR count). The second-order valence-corrected chi connectivity index (χ2v) is 5.06. The summed E-state index contributed by atoms with van der Waals surface area (Å²) in [7, 11) is 6.64. The monoisotopic (exact) mass is 204 g/mol. The van der Waals surface area contributed by atoms with Gasteiger partial charge >= 0.3 is 0 Å². The molecule has 0 radical (unpaired) electrons. The van der Waals surface area contributed by atoms with Crippen molar-refractivity contribution in [3.8, 4) is 0 Å². The summed E-state index contributed by atoms with van der Waals surface area (Å²) >= 11 is 0. The Balaban J connectivity index is 2.15. The van der Waals surface area contributed by atoms with E-state index in [4.69, 9.17) is 4.42 Å². The molecule has 0 N–H and O–H groups in total. The van der Waals surface area contributed by atoms with E-state index in [2.05, 4.69) is 39.3 Å². The topological polar surface area (TPSA) is 13.1 Å². The molecule has 0 bridgehead atoms. The maximum atomic E-state index is 5.39. The number of quaternary nitrogens is 1. The Kier molecular flexibility index (Phi) is 2.53. The Morgan fingerprint density at radius 3 is 2.67 bits per heavy atom. The summed E-state index contributed by atoms with van der Waals surface area (Å²) in [5.74, 6) is 0. The molecule has 0 unspecified atom stereocenters. The van der Waals surface area contributed by atoms with Crippen LogP contribution >= 0.6 is 0 Å². The quantitative estimate of drug-likeness (QED) is 0.701. The van der Waals surface area contributed by atoms with Gasteiger partial charge in [-0.05, 0) is 17.7 Å². The fraction of sp³-hybridized carbons (Fsp3) is 0.385. The predicted molar refractivity (Wildman–Crippen MR) is 62.8 cm³/mol. The summed E-state index contributed by atoms with van der Waals surface area (Å²) in [5, 5.41) is 1.18. The summed E-state index contributed by atoms with van der Waals surface area (Å²) in [6, 6.07) is 8.46. The van der Waals surface area contributed by atoms with E-state index in [9.17, 15) is 0 Å². The van der Waals surface area contributed by atoms with Crippen LogP contribution in [0.1, 0.15) is 5.56 Å². The molecule has 15 heavy (non-hydrogen) atoms. The molecule has 2 heteroatoms. The van der Waals surface area contributed by atoms with Crippen LogP contribution in [0.15, 0.2) is 34.9 Å². The van der Waals surface area contributed by atoms with Gasteiger partial charge in [-0.1, -0.05) is 12.1 Å². The molecule has 0 saturated heterocycles. The molecule has 0 atom stereocenters. The Labute approximate surface area is 90.7 Å². The van der Waals surface area contributed by atoms with Crippen LogP contribution in [0.25, 0.3) is 11.0 Å². The molecule has 1 aromatic heterocycles. The largest absolute Gasteiger partial charge is 0.464 e. The van der Waals surface area contributed by atoms with E-state index in [0.717, 1.165) is 23.0 Å². The fourth-order valence-corrected chi connectivity index (χ4v) is 1.62. The highest BCUT2D eigenvalue weighted by molar-refractivity contribution is 5.77. The lowest BCUT2D eigenvalue weighted by atomic mass is 10.1. The van der Waals surface area contributed by atoms with Crippen LogP contribution in [0.4, 0.5) is 0 Å². The number of fused-ring (bicyclic) bond motifs is 1. The number of nitrogens with zero attached hydrogens (tertiary/aromatic N) is 1. The van der Waals surface area contributed by atoms with Crippen molar-refractivity contribution in [3.05, 3.63) is 36.1 Å². The third-order valence-electron chi connectivity index (χ3n) is 2.59. The number of benzene rings is 1. The van der Waals surface area contributed by atoms with Gasteiger partial charge in [-0.2, -0.15) is 0 Å². The van der Waals surface area contributed by atoms with Gasteiger partial charge in [0, 0.05) is 11.8 Å². The smallest absolute Gasteiger partial charge is 0.134 e. The molecule has 80 valence electrons. The van der Waals surface area contributed by atoms with Gasteiger partial charge in [0.25, 0.3) is 0 Å². The Morgan fingerprint density at radius 2 is 1.93 bits per heavy atom. The normalized spacial score (nSPS) is 12.2. The van der Waals surface area contributed by atoms with Crippen LogP contribution in [0.5, 0.6) is 0 Å². The third kappa shape index (κ3) is 2.60. The van der Waals surface area contributed by atoms with Crippen molar-refractivity contribution < 1.29 is 8.90 Å². The predicted octanol–water partition coefficient (Wildman–Crippen LogP) is 2.68. The number of likely N-dealkylation sites (N-methyl/N-ethyl adjacent to an activating group) is 1. The highest BCUT2D eigenvalue weighted by Gasteiger charge is 2.07. The maximum Gasteiger partial charge on any atom is 0.134 e. The molecule has 0 aliphatic rings. The Morgan fingerprint density at radius 1 is 1.13 bits per heavy atom. The second kappa shape index (κ2) is 3.70. The van der Waals surface area contributed by atoms with Crippen molar-refractivity contribution in [1.29, 1.82) is 0 Å². The molecule has 1 heterocycles. The number of furan rings is 1. The lowest BCUT2D eigenvalue weighted by Crippen LogP contribution is -2.36. The summed E-state index contributed by atoms with van der Waals surface area (Å²) in [6.45, 7) is 1.15. The van der Waals surface area contributed by atoms with Crippen LogP contribution < -0.4 is 0 Å². The van der Waals surface area contributed by atoms with E-state index in [1.54, 1.807) is 6.26 Å². The molecule has 0 aliphatic heterocycles. The maximum absolute atomic E-state index is 5.39. The molecule has 0 fully saturated rings. The Bertz CT molecular complexity index is 451. The van der Waals surface area contributed by atoms with Gasteiger partial charge in [0.1, 0.15) is 5.58 Å². The van der Waals surface area contributed by atoms with Gasteiger partial charge in [-0.3, -0.25) is 0 Å². The second-order valence-electron chi connectivity index (χ2n) is 5.06. The van der Waals surface area contributed by atoms with Crippen LogP contribution in [-0.4, -0.2) is 32.2 Å². The first-order valence-corrected chi connectivity index (χ1v) is 5.31. The number of rotatable bonds is 3. The summed E-state index contributed by atoms with van der Waals surface area (Å²) < 4.78 is 6.38. The van der Waals surface area contributed by atoms with E-state index >= 15 is 0 Å². The molecule has 0 spiro atoms. The molecular weight excluding hydrogens is 186 g/mol. The third-order valence-corrected chi connectivity index (χ3v) is 2.59. The van der Waals surface area contributed by atoms with Crippen LogP contribution in [0.2, 0.25) is 0 Å². The molecule has 0 saturated carbocycles. The van der Waals surface area contributed by atoms with Crippen molar-refractivity contribution >= 4 is 11.0 Å². The zero-order valence-corrected chi connectivity index (χ0v) is 9.66. The average Bonchev–Trinajstić information content (AvgIpc) is 2.60. The molecule has 2 aromatic rings. The van der Waals surface area contributed by atoms with E-state index in [-0.39, 0.29) is 0 Å². The summed E-state index contributed by atoms with van der Waals surface area (Å²) in [6.07, 6.45) is 2.84. The first kappa shape index (κ1) is 10.2. The minimum atomic E-state index is 0.994. The van der Waals surface area contributed by atoms with Crippen LogP contribution in [-0.2, 0) is 6.42 Å². The van der Waals surface area contributed by atoms with Gasteiger partial charge in [-0.25, -0.2) is 0 Å². The average molecular weight is 204 g/mol. The lowest BCUT2D eigenvalue weighted by Gasteiger charge is -2.23. The lowest BCUT2D eigenvalue weighted by molar-refractivity contribution is -0.870. The van der Waals surface area contributed by atoms with Crippen molar-refractivity contribution in [3.63, 3.8) is 0 Å². The number of hydrogen-bond donors (Lipinski definition) is 0. The fourth-order valence-electron chi connectivity index (χ4n) is 1.62. The zero-order chi connectivity index (χ0) is 10.9. The van der Waals surface area contributed by atoms with E-state index in [1.165, 1.54) is 10.9 Å². The molecule has 2 nitrogen and oxygen atoms in total. The van der Waals surface area contributed by atoms with Gasteiger partial charge in [0.15, 0.2) is 0 Å². The van der Waals surface area contributed by atoms with Gasteiger partial charge < -0.3 is 8.90 Å². The molecule has 1 aromatic carbocycles. The van der Waals surface area contributed by atoms with Crippen molar-refractivity contribution in [2.45, 2.75) is 6.42 Å². The Hall–Kier alpha value is -1.28. The zero-order valence-electron chi connectivity index (χ0n) is 9.66. The van der Waals surface area contributed by atoms with Crippen LogP contribution in [0, 0.1) is 0 Å². The SMILES string of the molecule is C[N+](C)(C)CCc1ccc2ccoc2c1. The molecule has 0 amide bonds. The first-order chi connectivity index (χ1) is 7.04. The van der Waals surface area contributed by atoms with Crippen molar-refractivity contribution in [2.24, 2.45) is 0 Å². The van der Waals surface area contributed by atoms with E-state index in [0.29, 0.717) is 0 Å². The highest BCUT2D eigenvalue weighted by atomic mass is 16.3. The first-order valence-electron chi connectivity index (χ1n) is 5.31. The number of hydrogen-bond acceptors (Lipinski definition) is 1. The van der Waals surface area contributed by atoms with Crippen molar-refractivity contribution in [2.75, 3.05) is 27.7 Å². The highest BCUT2D eigenvalue weighted by Crippen LogP contribution is 2.17. The van der Waals surface area contributed by atoms with E-state index in [1.807, 2.05) is 6.07 Å². The van der Waals surface area contributed by atoms with E-state index < -0.39 is 0 Å². The summed E-state index contributed by atoms with van der Waals surface area (Å²) in [4.78, 5) is 0.